The number of Topliss-reactive ketones (excluding diaryl/α,β-unsaturated/α-hetero) is 1. The van der Waals surface area contributed by atoms with E-state index in [0.29, 0.717) is 59.6 Å². The smallest absolute Gasteiger partial charge is 0.203 e. The molecule has 3 fully saturated rings. The summed E-state index contributed by atoms with van der Waals surface area (Å²) in [5.41, 5.74) is 1.17. The molecule has 2 bridgehead atoms. The van der Waals surface area contributed by atoms with Gasteiger partial charge in [0, 0.05) is 39.9 Å². The van der Waals surface area contributed by atoms with Gasteiger partial charge in [0.15, 0.2) is 24.0 Å². The molecule has 0 spiro atoms. The van der Waals surface area contributed by atoms with Crippen LogP contribution in [0.25, 0.3) is 21.8 Å². The number of aromatic amines is 1. The molecule has 3 N–H and O–H groups in total. The SMILES string of the molecule is CC/C=C1\C2=C(C)C(=O)C[C@@]1(O)C#C/C=C\C#C[C@@H]2OC1OC(C)C2(C)COC(c3nccc4c3[nH]c3ccc(O)cc34)OC2C1OC1CC(C)C(CC(C)C)CO1. The summed E-state index contributed by atoms with van der Waals surface area (Å²) in [7, 11) is 0. The number of aromatic hydroxyl groups is 1. The van der Waals surface area contributed by atoms with E-state index in [4.69, 9.17) is 33.4 Å². The first kappa shape index (κ1) is 40.5. The summed E-state index contributed by atoms with van der Waals surface area (Å²) in [5, 5.41) is 24.0. The zero-order chi connectivity index (χ0) is 40.9. The number of ketones is 1. The number of hydrogen-bond donors (Lipinski definition) is 3. The van der Waals surface area contributed by atoms with Crippen molar-refractivity contribution in [3.05, 3.63) is 71.1 Å². The molecular formula is C47H54N2O9. The van der Waals surface area contributed by atoms with Gasteiger partial charge < -0.3 is 43.6 Å². The van der Waals surface area contributed by atoms with Gasteiger partial charge in [-0.15, -0.1) is 0 Å². The largest absolute Gasteiger partial charge is 0.508 e. The Bertz CT molecular complexity index is 2300. The van der Waals surface area contributed by atoms with E-state index in [2.05, 4.69) is 56.4 Å². The van der Waals surface area contributed by atoms with E-state index >= 15 is 0 Å². The van der Waals surface area contributed by atoms with Crippen LogP contribution >= 0.6 is 0 Å². The fraction of sp³-hybridized carbons (Fsp3) is 0.532. The number of ether oxygens (including phenoxy) is 6. The third-order valence-corrected chi connectivity index (χ3v) is 12.7. The maximum atomic E-state index is 13.6. The third kappa shape index (κ3) is 7.43. The lowest BCUT2D eigenvalue weighted by Crippen LogP contribution is -2.66. The lowest BCUT2D eigenvalue weighted by molar-refractivity contribution is -0.396. The van der Waals surface area contributed by atoms with Crippen LogP contribution < -0.4 is 0 Å². The molecule has 3 saturated heterocycles. The summed E-state index contributed by atoms with van der Waals surface area (Å²) in [6.07, 6.45) is 3.47. The van der Waals surface area contributed by atoms with Crippen molar-refractivity contribution < 1.29 is 43.4 Å². The molecule has 8 rings (SSSR count). The van der Waals surface area contributed by atoms with Crippen LogP contribution in [0.3, 0.4) is 0 Å². The van der Waals surface area contributed by atoms with Crippen molar-refractivity contribution in [3.63, 3.8) is 0 Å². The van der Waals surface area contributed by atoms with Crippen LogP contribution in [-0.4, -0.2) is 81.8 Å². The van der Waals surface area contributed by atoms with Gasteiger partial charge in [-0.2, -0.15) is 0 Å². The first-order valence-electron chi connectivity index (χ1n) is 20.6. The minimum atomic E-state index is -1.72. The number of rotatable bonds is 8. The van der Waals surface area contributed by atoms with Crippen LogP contribution in [0.4, 0.5) is 0 Å². The zero-order valence-corrected chi connectivity index (χ0v) is 34.3. The molecule has 3 aromatic rings. The maximum absolute atomic E-state index is 13.6. The van der Waals surface area contributed by atoms with Crippen molar-refractivity contribution in [3.8, 4) is 29.4 Å². The second-order valence-electron chi connectivity index (χ2n) is 17.2. The van der Waals surface area contributed by atoms with Crippen molar-refractivity contribution in [2.45, 2.75) is 123 Å². The number of aromatic nitrogens is 2. The van der Waals surface area contributed by atoms with E-state index in [1.165, 1.54) is 0 Å². The van der Waals surface area contributed by atoms with Gasteiger partial charge in [-0.25, -0.2) is 0 Å². The van der Waals surface area contributed by atoms with Gasteiger partial charge >= 0.3 is 0 Å². The number of pyridine rings is 1. The number of nitrogens with one attached hydrogen (secondary N) is 1. The Balaban J connectivity index is 1.19. The van der Waals surface area contributed by atoms with E-state index in [9.17, 15) is 15.0 Å². The Morgan fingerprint density at radius 2 is 1.91 bits per heavy atom. The Hall–Kier alpha value is -4.30. The van der Waals surface area contributed by atoms with Gasteiger partial charge in [0.2, 0.25) is 6.29 Å². The lowest BCUT2D eigenvalue weighted by Gasteiger charge is -2.55. The van der Waals surface area contributed by atoms with Gasteiger partial charge in [0.05, 0.1) is 31.3 Å². The molecule has 5 heterocycles. The number of fused-ring (bicyclic) bond motifs is 6. The Labute approximate surface area is 340 Å². The van der Waals surface area contributed by atoms with Crippen molar-refractivity contribution >= 4 is 27.6 Å². The molecule has 1 aromatic carbocycles. The number of hydrogen-bond acceptors (Lipinski definition) is 10. The van der Waals surface area contributed by atoms with Gasteiger partial charge in [-0.05, 0) is 92.0 Å². The molecular weight excluding hydrogens is 737 g/mol. The summed E-state index contributed by atoms with van der Waals surface area (Å²) >= 11 is 0. The van der Waals surface area contributed by atoms with E-state index in [-0.39, 0.29) is 24.6 Å². The van der Waals surface area contributed by atoms with Crippen LogP contribution in [0.5, 0.6) is 5.75 Å². The number of nitrogens with zero attached hydrogens (tertiary/aromatic N) is 1. The molecule has 9 unspecified atom stereocenters. The predicted molar refractivity (Wildman–Crippen MR) is 218 cm³/mol. The number of H-pyrrole nitrogens is 1. The molecule has 0 saturated carbocycles. The summed E-state index contributed by atoms with van der Waals surface area (Å²) in [4.78, 5) is 21.8. The van der Waals surface area contributed by atoms with Crippen LogP contribution in [0.2, 0.25) is 0 Å². The summed E-state index contributed by atoms with van der Waals surface area (Å²) < 4.78 is 40.9. The number of benzene rings is 1. The van der Waals surface area contributed by atoms with Crippen LogP contribution in [-0.2, 0) is 33.2 Å². The summed E-state index contributed by atoms with van der Waals surface area (Å²) in [6, 6.07) is 7.11. The van der Waals surface area contributed by atoms with Crippen molar-refractivity contribution in [2.24, 2.45) is 23.2 Å². The fourth-order valence-corrected chi connectivity index (χ4v) is 9.22. The molecule has 11 nitrogen and oxygen atoms in total. The highest BCUT2D eigenvalue weighted by atomic mass is 16.8. The Morgan fingerprint density at radius 1 is 1.10 bits per heavy atom. The third-order valence-electron chi connectivity index (χ3n) is 12.7. The first-order chi connectivity index (χ1) is 27.8. The summed E-state index contributed by atoms with van der Waals surface area (Å²) in [6.45, 7) is 15.3. The van der Waals surface area contributed by atoms with Gasteiger partial charge in [-0.1, -0.05) is 64.4 Å². The molecule has 0 amide bonds. The standard InChI is InChI=1S/C47H54N2O9/c1-8-13-34-39-28(5)36(51)23-47(34,52)18-12-10-9-11-14-37(39)56-45-42(57-38-21-27(4)30(24-53-38)20-26(2)3)43-46(7,29(6)55-45)25-54-44(58-43)41-40-32(17-19-48-41)33-22-31(50)15-16-35(33)49-40/h9-10,13,15-17,19,22,26-27,29-30,37-38,42-45,49-50,52H,8,20-21,23-25H2,1-7H3/b10-9-,34-13+/t27?,29?,30?,37-,38?,42?,43?,44?,45?,46?,47-/m0/s1. The monoisotopic (exact) mass is 790 g/mol. The molecule has 2 aromatic heterocycles. The number of phenols is 1. The van der Waals surface area contributed by atoms with E-state index in [1.54, 1.807) is 37.4 Å². The molecule has 58 heavy (non-hydrogen) atoms. The Kier molecular flexibility index (Phi) is 11.2. The predicted octanol–water partition coefficient (Wildman–Crippen LogP) is 7.34. The topological polar surface area (TPSA) is 142 Å². The van der Waals surface area contributed by atoms with E-state index in [0.717, 1.165) is 28.2 Å². The molecule has 2 aliphatic carbocycles. The quantitative estimate of drug-likeness (QED) is 0.199. The minimum Gasteiger partial charge on any atom is -0.508 e. The van der Waals surface area contributed by atoms with Crippen molar-refractivity contribution in [1.29, 1.82) is 0 Å². The Morgan fingerprint density at radius 3 is 2.69 bits per heavy atom. The number of carbonyl (C=O) groups is 1. The number of phenolic OH excluding ortho intramolecular Hbond substituents is 1. The van der Waals surface area contributed by atoms with Crippen LogP contribution in [0.15, 0.2) is 65.4 Å². The molecule has 5 aliphatic rings. The van der Waals surface area contributed by atoms with Gasteiger partial charge in [0.1, 0.15) is 29.8 Å². The maximum Gasteiger partial charge on any atom is 0.203 e. The number of carbonyl (C=O) groups excluding carboxylic acids is 1. The fourth-order valence-electron chi connectivity index (χ4n) is 9.22. The molecule has 3 aliphatic heterocycles. The van der Waals surface area contributed by atoms with E-state index in [1.807, 2.05) is 32.1 Å². The summed E-state index contributed by atoms with van der Waals surface area (Å²) in [5.74, 6) is 13.3. The zero-order valence-electron chi connectivity index (χ0n) is 34.3. The second-order valence-corrected chi connectivity index (χ2v) is 17.2. The van der Waals surface area contributed by atoms with Crippen molar-refractivity contribution in [1.82, 2.24) is 9.97 Å². The molecule has 0 radical (unpaired) electrons. The van der Waals surface area contributed by atoms with E-state index < -0.39 is 54.3 Å². The first-order valence-corrected chi connectivity index (χ1v) is 20.6. The second kappa shape index (κ2) is 16.0. The highest BCUT2D eigenvalue weighted by Gasteiger charge is 2.59. The highest BCUT2D eigenvalue weighted by Crippen LogP contribution is 2.49. The molecule has 11 heteroatoms. The minimum absolute atomic E-state index is 0.166. The average molecular weight is 791 g/mol. The molecule has 306 valence electrons. The number of aliphatic hydroxyl groups is 1. The average Bonchev–Trinajstić information content (AvgIpc) is 3.55. The van der Waals surface area contributed by atoms with Gasteiger partial charge in [0.25, 0.3) is 0 Å². The van der Waals surface area contributed by atoms with Gasteiger partial charge in [-0.3, -0.25) is 9.78 Å². The number of allylic oxidation sites excluding steroid dienone is 4. The van der Waals surface area contributed by atoms with Crippen LogP contribution in [0.1, 0.15) is 86.1 Å². The van der Waals surface area contributed by atoms with Crippen LogP contribution in [0, 0.1) is 46.9 Å². The van der Waals surface area contributed by atoms with Crippen molar-refractivity contribution in [2.75, 3.05) is 13.2 Å². The molecule has 11 atom stereocenters. The highest BCUT2D eigenvalue weighted by molar-refractivity contribution is 6.08. The normalized spacial score (nSPS) is 36.3. The lowest BCUT2D eigenvalue weighted by atomic mass is 9.73.